The zero-order valence-corrected chi connectivity index (χ0v) is 21.5. The summed E-state index contributed by atoms with van der Waals surface area (Å²) >= 11 is 5.86. The fourth-order valence-corrected chi connectivity index (χ4v) is 3.40. The van der Waals surface area contributed by atoms with Crippen molar-refractivity contribution in [3.05, 3.63) is 59.9 Å². The Labute approximate surface area is 209 Å². The van der Waals surface area contributed by atoms with Crippen LogP contribution in [0.5, 0.6) is 0 Å². The lowest BCUT2D eigenvalue weighted by atomic mass is 10.2. The predicted molar refractivity (Wildman–Crippen MR) is 141 cm³/mol. The number of carbonyl (C=O) groups excluding carboxylic acids is 2. The van der Waals surface area contributed by atoms with Crippen molar-refractivity contribution < 1.29 is 19.1 Å². The first-order valence-electron chi connectivity index (χ1n) is 11.1. The molecule has 0 bridgehead atoms. The highest BCUT2D eigenvalue weighted by atomic mass is 35.5. The molecule has 0 saturated carbocycles. The van der Waals surface area contributed by atoms with E-state index in [9.17, 15) is 9.59 Å². The molecule has 2 aromatic carbocycles. The number of rotatable bonds is 1. The number of halogens is 1. The number of aromatic nitrogens is 2. The molecule has 186 valence electrons. The minimum absolute atomic E-state index is 0.394. The topological polar surface area (TPSA) is 113 Å². The second kappa shape index (κ2) is 9.92. The van der Waals surface area contributed by atoms with Crippen molar-refractivity contribution in [1.82, 2.24) is 9.97 Å². The molecule has 4 aromatic rings. The van der Waals surface area contributed by atoms with Crippen LogP contribution in [0.1, 0.15) is 41.5 Å². The Bertz CT molecular complexity index is 1320. The third-order valence-corrected chi connectivity index (χ3v) is 4.92. The summed E-state index contributed by atoms with van der Waals surface area (Å²) in [6.45, 7) is 10.5. The molecule has 0 spiro atoms. The Hall–Kier alpha value is -3.65. The van der Waals surface area contributed by atoms with Crippen molar-refractivity contribution in [2.75, 3.05) is 10.6 Å². The molecule has 9 heteroatoms. The van der Waals surface area contributed by atoms with Gasteiger partial charge in [0.25, 0.3) is 0 Å². The summed E-state index contributed by atoms with van der Waals surface area (Å²) < 4.78 is 10.7. The van der Waals surface area contributed by atoms with E-state index in [2.05, 4.69) is 9.97 Å². The van der Waals surface area contributed by atoms with Gasteiger partial charge in [-0.15, -0.1) is 0 Å². The largest absolute Gasteiger partial charge is 0.443 e. The number of carbonyl (C=O) groups is 2. The number of nitrogens with two attached hydrogens (primary N) is 1. The molecule has 0 aliphatic rings. The number of imide groups is 1. The summed E-state index contributed by atoms with van der Waals surface area (Å²) in [5.41, 5.74) is 7.18. The fraction of sp³-hybridized carbons (Fsp3) is 0.308. The van der Waals surface area contributed by atoms with E-state index in [1.165, 1.54) is 0 Å². The van der Waals surface area contributed by atoms with Crippen LogP contribution in [0.2, 0.25) is 5.02 Å². The van der Waals surface area contributed by atoms with Crippen molar-refractivity contribution in [3.63, 3.8) is 0 Å². The van der Waals surface area contributed by atoms with E-state index >= 15 is 0 Å². The number of fused-ring (bicyclic) bond motifs is 2. The Kier molecular flexibility index (Phi) is 7.36. The number of nitrogens with zero attached hydrogens (tertiary/aromatic N) is 1. The smallest absolute Gasteiger partial charge is 0.424 e. The van der Waals surface area contributed by atoms with Gasteiger partial charge in [-0.25, -0.2) is 9.59 Å². The standard InChI is InChI=1S/C18H24N2O4.C8H7ClN2/c1-17(2,3)23-15(21)20(16(22)24-18(4,5)6)13-7-8-14-12(11-13)9-10-19-14;9-7-4-11-8-2-1-5(10)3-6(7)8/h7-11,19H,1-6H3;1-4,11H,10H2. The van der Waals surface area contributed by atoms with Gasteiger partial charge < -0.3 is 25.2 Å². The van der Waals surface area contributed by atoms with Gasteiger partial charge in [0, 0.05) is 39.9 Å². The van der Waals surface area contributed by atoms with Gasteiger partial charge >= 0.3 is 12.2 Å². The van der Waals surface area contributed by atoms with E-state index in [0.717, 1.165) is 32.4 Å². The number of benzene rings is 2. The Balaban J connectivity index is 0.000000256. The molecule has 4 N–H and O–H groups in total. The van der Waals surface area contributed by atoms with Crippen LogP contribution in [0.15, 0.2) is 54.9 Å². The first-order chi connectivity index (χ1) is 16.2. The van der Waals surface area contributed by atoms with Gasteiger partial charge in [-0.2, -0.15) is 4.90 Å². The van der Waals surface area contributed by atoms with E-state index in [-0.39, 0.29) is 0 Å². The second-order valence-corrected chi connectivity index (χ2v) is 10.4. The number of amides is 2. The van der Waals surface area contributed by atoms with Crippen LogP contribution in [0.3, 0.4) is 0 Å². The third-order valence-electron chi connectivity index (χ3n) is 4.60. The molecule has 0 fully saturated rings. The quantitative estimate of drug-likeness (QED) is 0.239. The summed E-state index contributed by atoms with van der Waals surface area (Å²) in [5, 5.41) is 2.57. The minimum Gasteiger partial charge on any atom is -0.443 e. The average molecular weight is 499 g/mol. The molecule has 35 heavy (non-hydrogen) atoms. The summed E-state index contributed by atoms with van der Waals surface area (Å²) in [6, 6.07) is 12.7. The summed E-state index contributed by atoms with van der Waals surface area (Å²) in [4.78, 5) is 32.1. The first kappa shape index (κ1) is 26.0. The first-order valence-corrected chi connectivity index (χ1v) is 11.5. The number of anilines is 2. The van der Waals surface area contributed by atoms with Gasteiger partial charge in [0.2, 0.25) is 0 Å². The number of nitrogens with one attached hydrogen (secondary N) is 2. The van der Waals surface area contributed by atoms with Gasteiger partial charge in [-0.3, -0.25) is 0 Å². The maximum Gasteiger partial charge on any atom is 0.424 e. The highest BCUT2D eigenvalue weighted by Gasteiger charge is 2.32. The molecule has 0 saturated heterocycles. The van der Waals surface area contributed by atoms with E-state index in [1.54, 1.807) is 72.1 Å². The maximum atomic E-state index is 12.6. The summed E-state index contributed by atoms with van der Waals surface area (Å²) in [7, 11) is 0. The fourth-order valence-electron chi connectivity index (χ4n) is 3.18. The Morgan fingerprint density at radius 1 is 0.857 bits per heavy atom. The Morgan fingerprint density at radius 2 is 1.46 bits per heavy atom. The van der Waals surface area contributed by atoms with E-state index < -0.39 is 23.4 Å². The molecule has 2 amide bonds. The highest BCUT2D eigenvalue weighted by molar-refractivity contribution is 6.35. The molecule has 4 rings (SSSR count). The Morgan fingerprint density at radius 3 is 2.06 bits per heavy atom. The number of ether oxygens (including phenoxy) is 2. The molecule has 0 radical (unpaired) electrons. The third kappa shape index (κ3) is 6.93. The maximum absolute atomic E-state index is 12.6. The lowest BCUT2D eigenvalue weighted by Crippen LogP contribution is -2.43. The van der Waals surface area contributed by atoms with Crippen molar-refractivity contribution in [3.8, 4) is 0 Å². The lowest BCUT2D eigenvalue weighted by Gasteiger charge is -2.28. The van der Waals surface area contributed by atoms with Crippen LogP contribution in [0, 0.1) is 0 Å². The molecule has 0 unspecified atom stereocenters. The normalized spacial score (nSPS) is 11.6. The van der Waals surface area contributed by atoms with Crippen molar-refractivity contribution >= 4 is 57.0 Å². The molecule has 2 heterocycles. The highest BCUT2D eigenvalue weighted by Crippen LogP contribution is 2.26. The number of H-pyrrole nitrogens is 2. The number of hydrogen-bond donors (Lipinski definition) is 3. The second-order valence-electron chi connectivity index (χ2n) is 9.99. The van der Waals surface area contributed by atoms with Crippen molar-refractivity contribution in [1.29, 1.82) is 0 Å². The van der Waals surface area contributed by atoms with Crippen LogP contribution < -0.4 is 10.6 Å². The van der Waals surface area contributed by atoms with Gasteiger partial charge in [0.15, 0.2) is 0 Å². The summed E-state index contributed by atoms with van der Waals surface area (Å²) in [5.74, 6) is 0. The average Bonchev–Trinajstić information content (AvgIpc) is 3.32. The number of hydrogen-bond acceptors (Lipinski definition) is 5. The monoisotopic (exact) mass is 498 g/mol. The van der Waals surface area contributed by atoms with Gasteiger partial charge in [0.1, 0.15) is 11.2 Å². The predicted octanol–water partition coefficient (Wildman–Crippen LogP) is 7.25. The van der Waals surface area contributed by atoms with Gasteiger partial charge in [-0.05, 0) is 84.0 Å². The zero-order chi connectivity index (χ0) is 26.0. The van der Waals surface area contributed by atoms with Gasteiger partial charge in [-0.1, -0.05) is 11.6 Å². The van der Waals surface area contributed by atoms with Gasteiger partial charge in [0.05, 0.1) is 10.7 Å². The van der Waals surface area contributed by atoms with E-state index in [1.807, 2.05) is 24.3 Å². The lowest BCUT2D eigenvalue weighted by molar-refractivity contribution is 0.0431. The van der Waals surface area contributed by atoms with Crippen LogP contribution in [-0.4, -0.2) is 33.4 Å². The van der Waals surface area contributed by atoms with Crippen LogP contribution >= 0.6 is 11.6 Å². The summed E-state index contributed by atoms with van der Waals surface area (Å²) in [6.07, 6.45) is 2.00. The molecule has 8 nitrogen and oxygen atoms in total. The molecular formula is C26H31ClN4O4. The SMILES string of the molecule is CC(C)(C)OC(=O)N(C(=O)OC(C)(C)C)c1ccc2[nH]ccc2c1.Nc1ccc2[nH]cc(Cl)c2c1. The van der Waals surface area contributed by atoms with Crippen molar-refractivity contribution in [2.24, 2.45) is 0 Å². The van der Waals surface area contributed by atoms with Crippen LogP contribution in [-0.2, 0) is 9.47 Å². The zero-order valence-electron chi connectivity index (χ0n) is 20.7. The molecule has 0 atom stereocenters. The van der Waals surface area contributed by atoms with Crippen LogP contribution in [0.4, 0.5) is 21.0 Å². The number of aromatic amines is 2. The molecular weight excluding hydrogens is 468 g/mol. The minimum atomic E-state index is -0.772. The molecule has 2 aromatic heterocycles. The van der Waals surface area contributed by atoms with E-state index in [4.69, 9.17) is 26.8 Å². The van der Waals surface area contributed by atoms with Crippen molar-refractivity contribution in [2.45, 2.75) is 52.7 Å². The number of nitrogen functional groups attached to an aromatic ring is 1. The van der Waals surface area contributed by atoms with Crippen LogP contribution in [0.25, 0.3) is 21.8 Å². The molecule has 0 aliphatic carbocycles. The van der Waals surface area contributed by atoms with E-state index in [0.29, 0.717) is 10.7 Å². The molecule has 0 aliphatic heterocycles.